The van der Waals surface area contributed by atoms with Gasteiger partial charge in [-0.15, -0.1) is 0 Å². The Balaban J connectivity index is 1.18. The third-order valence-electron chi connectivity index (χ3n) is 12.9. The number of nitrogens with one attached hydrogen (secondary N) is 2. The van der Waals surface area contributed by atoms with E-state index in [2.05, 4.69) is 15.5 Å². The van der Waals surface area contributed by atoms with Crippen LogP contribution >= 0.6 is 0 Å². The molecule has 1 spiro atoms. The Morgan fingerprint density at radius 2 is 1.74 bits per heavy atom. The first-order chi connectivity index (χ1) is 27.6. The summed E-state index contributed by atoms with van der Waals surface area (Å²) in [5.74, 6) is -1.51. The predicted molar refractivity (Wildman–Crippen MR) is 220 cm³/mol. The van der Waals surface area contributed by atoms with Crippen molar-refractivity contribution in [3.05, 3.63) is 65.2 Å². The number of benzene rings is 2. The van der Waals surface area contributed by atoms with Crippen molar-refractivity contribution >= 4 is 51.9 Å². The molecule has 5 heterocycles. The van der Waals surface area contributed by atoms with Crippen LogP contribution in [0.1, 0.15) is 101 Å². The lowest BCUT2D eigenvalue weighted by Crippen LogP contribution is -2.59. The number of aromatic nitrogens is 3. The van der Waals surface area contributed by atoms with Gasteiger partial charge in [0.1, 0.15) is 11.3 Å². The topological polar surface area (TPSA) is 153 Å². The van der Waals surface area contributed by atoms with E-state index in [4.69, 9.17) is 9.97 Å². The number of amides is 3. The molecule has 2 aromatic carbocycles. The Kier molecular flexibility index (Phi) is 10.3. The Morgan fingerprint density at radius 1 is 1.00 bits per heavy atom. The molecule has 4 aliphatic rings. The molecule has 1 atom stereocenters. The predicted octanol–water partition coefficient (Wildman–Crippen LogP) is 6.56. The number of fused-ring (bicyclic) bond motifs is 3. The summed E-state index contributed by atoms with van der Waals surface area (Å²) in [5.41, 5.74) is 4.68. The Morgan fingerprint density at radius 3 is 2.41 bits per heavy atom. The van der Waals surface area contributed by atoms with Crippen LogP contribution < -0.4 is 15.5 Å². The van der Waals surface area contributed by atoms with Crippen molar-refractivity contribution in [2.45, 2.75) is 110 Å². The van der Waals surface area contributed by atoms with Crippen LogP contribution in [0.2, 0.25) is 0 Å². The molecule has 58 heavy (non-hydrogen) atoms. The second-order valence-electron chi connectivity index (χ2n) is 17.3. The number of piperidine rings is 2. The smallest absolute Gasteiger partial charge is 0.307 e. The van der Waals surface area contributed by atoms with Gasteiger partial charge in [-0.25, -0.2) is 14.4 Å². The molecule has 8 rings (SSSR count). The zero-order chi connectivity index (χ0) is 41.2. The number of carbonyl (C=O) groups excluding carboxylic acids is 3. The summed E-state index contributed by atoms with van der Waals surface area (Å²) in [4.78, 5) is 68.0. The van der Waals surface area contributed by atoms with Gasteiger partial charge in [0, 0.05) is 67.5 Å². The molecule has 2 saturated heterocycles. The fraction of sp³-hybridized carbons (Fsp3) is 0.500. The van der Waals surface area contributed by atoms with E-state index in [0.29, 0.717) is 72.6 Å². The number of nitrogens with zero attached hydrogens (tertiary/aromatic N) is 6. The lowest BCUT2D eigenvalue weighted by Gasteiger charge is -2.49. The van der Waals surface area contributed by atoms with Crippen LogP contribution in [-0.4, -0.2) is 97.4 Å². The highest BCUT2D eigenvalue weighted by molar-refractivity contribution is 6.09. The minimum absolute atomic E-state index is 0.00195. The van der Waals surface area contributed by atoms with Crippen molar-refractivity contribution in [2.24, 2.45) is 5.92 Å². The van der Waals surface area contributed by atoms with Gasteiger partial charge in [-0.2, -0.15) is 0 Å². The molecule has 3 amide bonds. The number of carboxylic acids is 1. The van der Waals surface area contributed by atoms with E-state index in [1.54, 1.807) is 20.2 Å². The normalized spacial score (nSPS) is 21.8. The van der Waals surface area contributed by atoms with Gasteiger partial charge in [0.15, 0.2) is 5.82 Å². The van der Waals surface area contributed by atoms with E-state index < -0.39 is 17.2 Å². The maximum Gasteiger partial charge on any atom is 0.307 e. The molecule has 0 radical (unpaired) electrons. The molecule has 306 valence electrons. The van der Waals surface area contributed by atoms with Gasteiger partial charge in [-0.3, -0.25) is 24.1 Å². The van der Waals surface area contributed by atoms with Crippen molar-refractivity contribution in [3.8, 4) is 11.3 Å². The average Bonchev–Trinajstić information content (AvgIpc) is 3.69. The van der Waals surface area contributed by atoms with Crippen LogP contribution in [0.5, 0.6) is 0 Å². The number of carboxylic acid groups (broad SMARTS) is 1. The van der Waals surface area contributed by atoms with Gasteiger partial charge in [-0.1, -0.05) is 12.1 Å². The van der Waals surface area contributed by atoms with Crippen LogP contribution in [0.4, 0.5) is 21.6 Å². The van der Waals surface area contributed by atoms with Gasteiger partial charge in [0.25, 0.3) is 5.91 Å². The molecule has 1 saturated carbocycles. The number of carbonyl (C=O) groups is 4. The number of likely N-dealkylation sites (tertiary alicyclic amines) is 2. The first kappa shape index (κ1) is 39.5. The fourth-order valence-electron chi connectivity index (χ4n) is 9.57. The van der Waals surface area contributed by atoms with E-state index in [1.165, 1.54) is 12.1 Å². The number of rotatable bonds is 9. The lowest BCUT2D eigenvalue weighted by atomic mass is 9.73. The molecule has 14 heteroatoms. The van der Waals surface area contributed by atoms with Crippen molar-refractivity contribution in [1.29, 1.82) is 0 Å². The van der Waals surface area contributed by atoms with Crippen LogP contribution in [0.3, 0.4) is 0 Å². The van der Waals surface area contributed by atoms with Gasteiger partial charge in [0.2, 0.25) is 11.8 Å². The van der Waals surface area contributed by atoms with Crippen molar-refractivity contribution in [2.75, 3.05) is 36.4 Å². The molecule has 2 aromatic heterocycles. The maximum absolute atomic E-state index is 15.7. The quantitative estimate of drug-likeness (QED) is 0.171. The number of hydrogen-bond acceptors (Lipinski definition) is 8. The highest BCUT2D eigenvalue weighted by atomic mass is 19.1. The number of hydrogen-bond donors (Lipinski definition) is 3. The molecule has 0 bridgehead atoms. The number of aliphatic carboxylic acids is 1. The number of aryl methyl sites for hydroxylation is 1. The molecule has 13 nitrogen and oxygen atoms in total. The largest absolute Gasteiger partial charge is 0.481 e. The third-order valence-corrected chi connectivity index (χ3v) is 12.9. The van der Waals surface area contributed by atoms with E-state index in [9.17, 15) is 24.3 Å². The molecular weight excluding hydrogens is 740 g/mol. The Hall–Kier alpha value is -5.37. The molecule has 3 aliphatic heterocycles. The first-order valence-corrected chi connectivity index (χ1v) is 20.6. The van der Waals surface area contributed by atoms with Gasteiger partial charge in [0.05, 0.1) is 34.6 Å². The first-order valence-electron chi connectivity index (χ1n) is 20.6. The lowest BCUT2D eigenvalue weighted by molar-refractivity contribution is -0.144. The fourth-order valence-corrected chi connectivity index (χ4v) is 9.57. The van der Waals surface area contributed by atoms with E-state index in [-0.39, 0.29) is 53.5 Å². The summed E-state index contributed by atoms with van der Waals surface area (Å²) in [5, 5.41) is 15.8. The summed E-state index contributed by atoms with van der Waals surface area (Å²) in [7, 11) is 0. The van der Waals surface area contributed by atoms with Gasteiger partial charge < -0.3 is 30.1 Å². The van der Waals surface area contributed by atoms with Gasteiger partial charge in [-0.05, 0) is 115 Å². The highest BCUT2D eigenvalue weighted by Crippen LogP contribution is 2.52. The molecule has 1 aliphatic carbocycles. The summed E-state index contributed by atoms with van der Waals surface area (Å²) in [6, 6.07) is 10.9. The van der Waals surface area contributed by atoms with Crippen molar-refractivity contribution < 1.29 is 28.7 Å². The number of pyridine rings is 1. The minimum Gasteiger partial charge on any atom is -0.481 e. The summed E-state index contributed by atoms with van der Waals surface area (Å²) in [6.07, 6.45) is 5.84. The number of anilines is 3. The number of imidazole rings is 1. The SMILES string of the molecule is CC(=O)N1CCC2(CC1)C(=O)N([C@H]1C[C@@H](N3CCC[C@@H](C(=O)O)C3)C1)c1cc(-c3cc4ncn(C(C)C)c4c(Nc4cc(C(=O)NC(C)C)c(C)cc4F)n3)ccc12. The van der Waals surface area contributed by atoms with Crippen LogP contribution in [0.25, 0.3) is 22.3 Å². The summed E-state index contributed by atoms with van der Waals surface area (Å²) in [6.45, 7) is 13.5. The molecule has 3 fully saturated rings. The van der Waals surface area contributed by atoms with Crippen LogP contribution in [0, 0.1) is 18.7 Å². The van der Waals surface area contributed by atoms with Crippen LogP contribution in [0.15, 0.2) is 42.7 Å². The van der Waals surface area contributed by atoms with Gasteiger partial charge >= 0.3 is 5.97 Å². The Labute approximate surface area is 338 Å². The van der Waals surface area contributed by atoms with Crippen molar-refractivity contribution in [1.82, 2.24) is 29.7 Å². The Bertz CT molecular complexity index is 2310. The standard InChI is InChI=1S/C44H53FN8O5/c1-24(2)47-41(55)32-20-36(34(45)16-26(32)5)49-40-39-37(46-23-52(39)25(3)4)21-35(48-40)28-9-10-33-38(17-28)53(43(58)44(33)11-14-50(15-12-44)27(6)54)31-18-30(19-31)51-13-7-8-29(22-51)42(56)57/h9-10,16-17,20-21,23-25,29-31H,7-8,11-15,18-19,22H2,1-6H3,(H,47,55)(H,48,49)(H,56,57)/t29-,30-,31+/m1/s1. The zero-order valence-corrected chi connectivity index (χ0v) is 34.1. The second kappa shape index (κ2) is 15.1. The van der Waals surface area contributed by atoms with E-state index >= 15 is 4.39 Å². The molecule has 4 aromatic rings. The second-order valence-corrected chi connectivity index (χ2v) is 17.3. The minimum atomic E-state index is -0.757. The zero-order valence-electron chi connectivity index (χ0n) is 34.1. The molecule has 3 N–H and O–H groups in total. The van der Waals surface area contributed by atoms with Crippen molar-refractivity contribution in [3.63, 3.8) is 0 Å². The average molecular weight is 793 g/mol. The van der Waals surface area contributed by atoms with E-state index in [1.807, 2.05) is 66.3 Å². The molecule has 0 unspecified atom stereocenters. The summed E-state index contributed by atoms with van der Waals surface area (Å²) >= 11 is 0. The third kappa shape index (κ3) is 6.88. The highest BCUT2D eigenvalue weighted by Gasteiger charge is 2.56. The van der Waals surface area contributed by atoms with Crippen LogP contribution in [-0.2, 0) is 19.8 Å². The summed E-state index contributed by atoms with van der Waals surface area (Å²) < 4.78 is 17.7. The molecular formula is C44H53FN8O5. The monoisotopic (exact) mass is 792 g/mol. The maximum atomic E-state index is 15.7. The van der Waals surface area contributed by atoms with E-state index in [0.717, 1.165) is 42.6 Å². The number of halogens is 1.